The predicted octanol–water partition coefficient (Wildman–Crippen LogP) is 4.39. The molecule has 0 aromatic carbocycles. The minimum absolute atomic E-state index is 0.158. The van der Waals surface area contributed by atoms with Gasteiger partial charge in [-0.3, -0.25) is 0 Å². The molecule has 2 heteroatoms. The van der Waals surface area contributed by atoms with Crippen LogP contribution in [0.2, 0.25) is 0 Å². The van der Waals surface area contributed by atoms with Crippen molar-refractivity contribution in [3.63, 3.8) is 0 Å². The van der Waals surface area contributed by atoms with E-state index in [0.717, 1.165) is 25.7 Å². The van der Waals surface area contributed by atoms with Crippen LogP contribution < -0.4 is 0 Å². The van der Waals surface area contributed by atoms with Crippen LogP contribution in [0.4, 0.5) is 0 Å². The average Bonchev–Trinajstić information content (AvgIpc) is 2.37. The summed E-state index contributed by atoms with van der Waals surface area (Å²) >= 11 is 0. The number of unbranched alkanes of at least 4 members (excludes halogenated alkanes) is 5. The monoisotopic (exact) mass is 266 g/mol. The highest BCUT2D eigenvalue weighted by Crippen LogP contribution is 2.25. The Morgan fingerprint density at radius 2 is 2.05 bits per heavy atom. The molecular formula is C17H30O2. The summed E-state index contributed by atoms with van der Waals surface area (Å²) in [5.41, 5.74) is 1.25. The number of hydrogen-bond acceptors (Lipinski definition) is 2. The molecule has 1 saturated heterocycles. The van der Waals surface area contributed by atoms with Gasteiger partial charge in [-0.15, -0.1) is 0 Å². The van der Waals surface area contributed by atoms with Gasteiger partial charge < -0.3 is 9.84 Å². The molecule has 0 amide bonds. The van der Waals surface area contributed by atoms with Crippen molar-refractivity contribution < 1.29 is 9.84 Å². The maximum absolute atomic E-state index is 8.98. The molecule has 0 radical (unpaired) electrons. The van der Waals surface area contributed by atoms with Gasteiger partial charge in [-0.05, 0) is 32.1 Å². The number of allylic oxidation sites excluding steroid dienone is 1. The van der Waals surface area contributed by atoms with E-state index in [9.17, 15) is 0 Å². The van der Waals surface area contributed by atoms with E-state index in [1.165, 1.54) is 37.7 Å². The zero-order valence-electron chi connectivity index (χ0n) is 12.4. The molecule has 1 aliphatic rings. The summed E-state index contributed by atoms with van der Waals surface area (Å²) < 4.78 is 5.93. The first-order valence-electron chi connectivity index (χ1n) is 7.86. The van der Waals surface area contributed by atoms with Crippen molar-refractivity contribution in [3.8, 4) is 0 Å². The van der Waals surface area contributed by atoms with E-state index in [1.807, 2.05) is 0 Å². The van der Waals surface area contributed by atoms with Gasteiger partial charge in [0.15, 0.2) is 0 Å². The van der Waals surface area contributed by atoms with Gasteiger partial charge in [0.2, 0.25) is 0 Å². The van der Waals surface area contributed by atoms with Gasteiger partial charge in [0.25, 0.3) is 0 Å². The molecule has 19 heavy (non-hydrogen) atoms. The van der Waals surface area contributed by atoms with Crippen molar-refractivity contribution >= 4 is 0 Å². The van der Waals surface area contributed by atoms with Crippen LogP contribution in [0.25, 0.3) is 0 Å². The number of rotatable bonds is 9. The van der Waals surface area contributed by atoms with E-state index in [0.29, 0.717) is 0 Å². The van der Waals surface area contributed by atoms with Gasteiger partial charge in [-0.2, -0.15) is 0 Å². The molecule has 1 fully saturated rings. The molecule has 2 atom stereocenters. The fourth-order valence-corrected chi connectivity index (χ4v) is 2.57. The first-order chi connectivity index (χ1) is 9.26. The van der Waals surface area contributed by atoms with Crippen LogP contribution in [0.15, 0.2) is 24.3 Å². The minimum Gasteiger partial charge on any atom is -0.396 e. The normalized spacial score (nSPS) is 24.2. The van der Waals surface area contributed by atoms with E-state index >= 15 is 0 Å². The Labute approximate surface area is 118 Å². The molecule has 0 aromatic rings. The van der Waals surface area contributed by atoms with Crippen molar-refractivity contribution in [2.45, 2.75) is 76.9 Å². The number of aliphatic hydroxyl groups excluding tert-OH is 1. The van der Waals surface area contributed by atoms with Gasteiger partial charge in [-0.1, -0.05) is 56.9 Å². The third-order valence-corrected chi connectivity index (χ3v) is 3.65. The lowest BCUT2D eigenvalue weighted by atomic mass is 9.97. The van der Waals surface area contributed by atoms with Crippen LogP contribution in [-0.4, -0.2) is 23.9 Å². The molecule has 0 saturated carbocycles. The van der Waals surface area contributed by atoms with Crippen molar-refractivity contribution in [1.82, 2.24) is 0 Å². The standard InChI is InChI=1S/C17H30O2/c1-3-4-5-6-7-8-9-10-16-13-15(2)14-17(19-16)11-12-18/h9-10,16-18H,2-8,11-14H2,1H3/b10-9+/t16-,17+/m0/s1. The molecule has 1 N–H and O–H groups in total. The number of aliphatic hydroxyl groups is 1. The molecule has 0 unspecified atom stereocenters. The smallest absolute Gasteiger partial charge is 0.0796 e. The summed E-state index contributed by atoms with van der Waals surface area (Å²) in [5, 5.41) is 8.98. The van der Waals surface area contributed by atoms with Crippen LogP contribution in [0.5, 0.6) is 0 Å². The van der Waals surface area contributed by atoms with Gasteiger partial charge in [0.05, 0.1) is 12.2 Å². The van der Waals surface area contributed by atoms with Crippen LogP contribution in [0, 0.1) is 0 Å². The molecule has 0 bridgehead atoms. The molecule has 110 valence electrons. The Morgan fingerprint density at radius 3 is 2.79 bits per heavy atom. The summed E-state index contributed by atoms with van der Waals surface area (Å²) in [6, 6.07) is 0. The first kappa shape index (κ1) is 16.5. The van der Waals surface area contributed by atoms with Crippen molar-refractivity contribution in [1.29, 1.82) is 0 Å². The van der Waals surface area contributed by atoms with E-state index < -0.39 is 0 Å². The summed E-state index contributed by atoms with van der Waals surface area (Å²) in [5.74, 6) is 0. The maximum atomic E-state index is 8.98. The second-order valence-electron chi connectivity index (χ2n) is 5.60. The molecule has 1 heterocycles. The average molecular weight is 266 g/mol. The van der Waals surface area contributed by atoms with Gasteiger partial charge in [-0.25, -0.2) is 0 Å². The molecule has 1 aliphatic heterocycles. The number of ether oxygens (including phenoxy) is 1. The highest BCUT2D eigenvalue weighted by molar-refractivity contribution is 5.07. The summed E-state index contributed by atoms with van der Waals surface area (Å²) in [7, 11) is 0. The quantitative estimate of drug-likeness (QED) is 0.495. The second-order valence-corrected chi connectivity index (χ2v) is 5.60. The zero-order chi connectivity index (χ0) is 13.9. The summed E-state index contributed by atoms with van der Waals surface area (Å²) in [6.07, 6.45) is 15.1. The molecule has 0 spiro atoms. The van der Waals surface area contributed by atoms with Crippen molar-refractivity contribution in [3.05, 3.63) is 24.3 Å². The van der Waals surface area contributed by atoms with E-state index in [1.54, 1.807) is 0 Å². The lowest BCUT2D eigenvalue weighted by molar-refractivity contribution is -0.0175. The lowest BCUT2D eigenvalue weighted by Gasteiger charge is -2.29. The van der Waals surface area contributed by atoms with E-state index in [4.69, 9.17) is 9.84 Å². The van der Waals surface area contributed by atoms with E-state index in [2.05, 4.69) is 25.7 Å². The molecule has 1 rings (SSSR count). The predicted molar refractivity (Wildman–Crippen MR) is 81.3 cm³/mol. The third-order valence-electron chi connectivity index (χ3n) is 3.65. The summed E-state index contributed by atoms with van der Waals surface area (Å²) in [6.45, 7) is 6.53. The van der Waals surface area contributed by atoms with Gasteiger partial charge in [0, 0.05) is 6.61 Å². The maximum Gasteiger partial charge on any atom is 0.0796 e. The molecular weight excluding hydrogens is 236 g/mol. The highest BCUT2D eigenvalue weighted by Gasteiger charge is 2.22. The topological polar surface area (TPSA) is 29.5 Å². The van der Waals surface area contributed by atoms with E-state index in [-0.39, 0.29) is 18.8 Å². The molecule has 2 nitrogen and oxygen atoms in total. The lowest BCUT2D eigenvalue weighted by Crippen LogP contribution is -2.28. The Kier molecular flexibility index (Phi) is 8.85. The van der Waals surface area contributed by atoms with Crippen LogP contribution in [-0.2, 0) is 4.74 Å². The van der Waals surface area contributed by atoms with Crippen LogP contribution in [0.3, 0.4) is 0 Å². The first-order valence-corrected chi connectivity index (χ1v) is 7.86. The van der Waals surface area contributed by atoms with Crippen LogP contribution >= 0.6 is 0 Å². The Balaban J connectivity index is 2.17. The zero-order valence-corrected chi connectivity index (χ0v) is 12.4. The van der Waals surface area contributed by atoms with Crippen LogP contribution in [0.1, 0.15) is 64.7 Å². The summed E-state index contributed by atoms with van der Waals surface area (Å²) in [4.78, 5) is 0. The third kappa shape index (κ3) is 7.54. The largest absolute Gasteiger partial charge is 0.396 e. The fraction of sp³-hybridized carbons (Fsp3) is 0.765. The second kappa shape index (κ2) is 10.2. The minimum atomic E-state index is 0.158. The molecule has 0 aliphatic carbocycles. The Morgan fingerprint density at radius 1 is 1.26 bits per heavy atom. The van der Waals surface area contributed by atoms with Crippen molar-refractivity contribution in [2.24, 2.45) is 0 Å². The fourth-order valence-electron chi connectivity index (χ4n) is 2.57. The molecule has 0 aromatic heterocycles. The van der Waals surface area contributed by atoms with Gasteiger partial charge in [0.1, 0.15) is 0 Å². The number of hydrogen-bond donors (Lipinski definition) is 1. The SMILES string of the molecule is C=C1C[C@@H](CCO)O[C@@H](/C=C/CCCCCCC)C1. The van der Waals surface area contributed by atoms with Crippen molar-refractivity contribution in [2.75, 3.05) is 6.61 Å². The highest BCUT2D eigenvalue weighted by atomic mass is 16.5. The van der Waals surface area contributed by atoms with Gasteiger partial charge >= 0.3 is 0 Å². The Bertz CT molecular complexity index is 270. The Hall–Kier alpha value is -0.600.